The Morgan fingerprint density at radius 3 is 2.50 bits per heavy atom. The average molecular weight is 188 g/mol. The zero-order chi connectivity index (χ0) is 9.35. The van der Waals surface area contributed by atoms with E-state index in [9.17, 15) is 4.57 Å². The quantitative estimate of drug-likeness (QED) is 0.512. The highest BCUT2D eigenvalue weighted by Gasteiger charge is 2.24. The maximum atomic E-state index is 10.6. The largest absolute Gasteiger partial charge is 0.435 e. The van der Waals surface area contributed by atoms with Crippen molar-refractivity contribution >= 4 is 18.8 Å². The third-order valence-electron chi connectivity index (χ3n) is 1.14. The van der Waals surface area contributed by atoms with E-state index in [0.717, 1.165) is 6.07 Å². The third kappa shape index (κ3) is 1.48. The normalized spacial score (nSPS) is 11.1. The molecule has 12 heavy (non-hydrogen) atoms. The molecule has 4 N–H and O–H groups in total. The molecule has 0 aliphatic rings. The van der Waals surface area contributed by atoms with Crippen LogP contribution in [-0.2, 0) is 4.57 Å². The summed E-state index contributed by atoms with van der Waals surface area (Å²) in [5, 5.41) is 8.32. The number of rotatable bonds is 1. The molecule has 0 aromatic carbocycles. The number of anilines is 1. The zero-order valence-electron chi connectivity index (χ0n) is 5.76. The number of nitrogen functional groups attached to an aromatic ring is 1. The van der Waals surface area contributed by atoms with Crippen molar-refractivity contribution in [1.82, 2.24) is 0 Å². The van der Waals surface area contributed by atoms with Crippen LogP contribution in [0.1, 0.15) is 5.76 Å². The van der Waals surface area contributed by atoms with Crippen LogP contribution in [0.3, 0.4) is 0 Å². The highest BCUT2D eigenvalue weighted by atomic mass is 31.2. The second-order valence-corrected chi connectivity index (χ2v) is 3.55. The monoisotopic (exact) mass is 188 g/mol. The van der Waals surface area contributed by atoms with Gasteiger partial charge in [0, 0.05) is 6.07 Å². The number of nitrogens with two attached hydrogens (primary N) is 1. The molecule has 1 aromatic rings. The van der Waals surface area contributed by atoms with Crippen LogP contribution < -0.4 is 11.2 Å². The number of hydrogen-bond acceptors (Lipinski definition) is 4. The molecule has 0 saturated carbocycles. The van der Waals surface area contributed by atoms with E-state index in [2.05, 4.69) is 4.42 Å². The van der Waals surface area contributed by atoms with Crippen molar-refractivity contribution in [1.29, 1.82) is 5.26 Å². The molecule has 6 nitrogen and oxygen atoms in total. The second-order valence-electron chi connectivity index (χ2n) is 2.02. The first kappa shape index (κ1) is 8.81. The molecule has 0 radical (unpaired) electrons. The minimum Gasteiger partial charge on any atom is -0.435 e. The minimum absolute atomic E-state index is 0.0733. The fraction of sp³-hybridized carbons (Fsp3) is 0. The molecular formula is C5H5N2O4P. The molecule has 1 rings (SSSR count). The van der Waals surface area contributed by atoms with E-state index in [1.807, 2.05) is 0 Å². The van der Waals surface area contributed by atoms with E-state index >= 15 is 0 Å². The van der Waals surface area contributed by atoms with Gasteiger partial charge in [-0.15, -0.1) is 0 Å². The van der Waals surface area contributed by atoms with E-state index in [4.69, 9.17) is 20.8 Å². The third-order valence-corrected chi connectivity index (χ3v) is 1.93. The maximum Gasteiger partial charge on any atom is 0.391 e. The zero-order valence-corrected chi connectivity index (χ0v) is 6.65. The van der Waals surface area contributed by atoms with Gasteiger partial charge in [0.2, 0.25) is 11.3 Å². The summed E-state index contributed by atoms with van der Waals surface area (Å²) >= 11 is 0. The van der Waals surface area contributed by atoms with Gasteiger partial charge in [0.1, 0.15) is 6.07 Å². The van der Waals surface area contributed by atoms with Gasteiger partial charge in [-0.25, -0.2) is 0 Å². The Morgan fingerprint density at radius 1 is 1.67 bits per heavy atom. The van der Waals surface area contributed by atoms with Gasteiger partial charge in [0.15, 0.2) is 0 Å². The Morgan fingerprint density at radius 2 is 2.25 bits per heavy atom. The summed E-state index contributed by atoms with van der Waals surface area (Å²) in [4.78, 5) is 17.1. The van der Waals surface area contributed by atoms with Crippen LogP contribution in [0.4, 0.5) is 5.69 Å². The lowest BCUT2D eigenvalue weighted by Crippen LogP contribution is -1.98. The lowest BCUT2D eigenvalue weighted by Gasteiger charge is -1.95. The lowest BCUT2D eigenvalue weighted by atomic mass is 10.4. The van der Waals surface area contributed by atoms with Crippen LogP contribution in [0.5, 0.6) is 0 Å². The van der Waals surface area contributed by atoms with E-state index < -0.39 is 13.1 Å². The van der Waals surface area contributed by atoms with Gasteiger partial charge in [-0.3, -0.25) is 4.57 Å². The van der Waals surface area contributed by atoms with Crippen LogP contribution in [0.15, 0.2) is 10.5 Å². The summed E-state index contributed by atoms with van der Waals surface area (Å²) < 4.78 is 15.0. The molecule has 0 aliphatic heterocycles. The predicted octanol–water partition coefficient (Wildman–Crippen LogP) is -0.464. The highest BCUT2D eigenvalue weighted by molar-refractivity contribution is 7.59. The van der Waals surface area contributed by atoms with Crippen molar-refractivity contribution in [2.75, 3.05) is 5.73 Å². The van der Waals surface area contributed by atoms with Crippen LogP contribution in [-0.4, -0.2) is 9.79 Å². The summed E-state index contributed by atoms with van der Waals surface area (Å²) in [5.74, 6) is -0.284. The Hall–Kier alpha value is -1.28. The molecule has 0 unspecified atom stereocenters. The number of furan rings is 1. The predicted molar refractivity (Wildman–Crippen MR) is 39.5 cm³/mol. The van der Waals surface area contributed by atoms with Crippen molar-refractivity contribution in [2.45, 2.75) is 0 Å². The van der Waals surface area contributed by atoms with Crippen LogP contribution in [0.2, 0.25) is 0 Å². The standard InChI is InChI=1S/C5H5N2O4P/c6-2-4-3(7)1-5(11-4)12(8,9)10/h1H,7H2,(H2,8,9,10). The van der Waals surface area contributed by atoms with Gasteiger partial charge in [-0.1, -0.05) is 0 Å². The molecule has 64 valence electrons. The highest BCUT2D eigenvalue weighted by Crippen LogP contribution is 2.35. The Kier molecular flexibility index (Phi) is 1.94. The fourth-order valence-electron chi connectivity index (χ4n) is 0.622. The van der Waals surface area contributed by atoms with E-state index in [-0.39, 0.29) is 11.4 Å². The van der Waals surface area contributed by atoms with E-state index in [0.29, 0.717) is 0 Å². The molecule has 0 bridgehead atoms. The second kappa shape index (κ2) is 2.64. The van der Waals surface area contributed by atoms with Gasteiger partial charge in [-0.05, 0) is 0 Å². The Balaban J connectivity index is 3.25. The summed E-state index contributed by atoms with van der Waals surface area (Å²) in [6, 6.07) is 2.50. The van der Waals surface area contributed by atoms with E-state index in [1.165, 1.54) is 0 Å². The molecule has 0 fully saturated rings. The Bertz CT molecular complexity index is 385. The van der Waals surface area contributed by atoms with E-state index in [1.54, 1.807) is 6.07 Å². The lowest BCUT2D eigenvalue weighted by molar-refractivity contribution is 0.376. The average Bonchev–Trinajstić information content (AvgIpc) is 2.29. The first-order chi connectivity index (χ1) is 5.45. The summed E-state index contributed by atoms with van der Waals surface area (Å²) in [7, 11) is -4.44. The van der Waals surface area contributed by atoms with Crippen molar-refractivity contribution in [2.24, 2.45) is 0 Å². The minimum atomic E-state index is -4.44. The smallest absolute Gasteiger partial charge is 0.391 e. The van der Waals surface area contributed by atoms with Crippen LogP contribution in [0.25, 0.3) is 0 Å². The molecule has 7 heteroatoms. The molecular weight excluding hydrogens is 183 g/mol. The summed E-state index contributed by atoms with van der Waals surface area (Å²) in [6.07, 6.45) is 0. The summed E-state index contributed by atoms with van der Waals surface area (Å²) in [5.41, 5.74) is 4.53. The first-order valence-corrected chi connectivity index (χ1v) is 4.42. The van der Waals surface area contributed by atoms with Crippen LogP contribution in [0, 0.1) is 11.3 Å². The topological polar surface area (TPSA) is 120 Å². The van der Waals surface area contributed by atoms with Crippen molar-refractivity contribution in [3.05, 3.63) is 11.8 Å². The first-order valence-electron chi connectivity index (χ1n) is 2.80. The van der Waals surface area contributed by atoms with Crippen molar-refractivity contribution < 1.29 is 18.8 Å². The fourth-order valence-corrected chi connectivity index (χ4v) is 1.14. The Labute approximate surface area is 67.4 Å². The van der Waals surface area contributed by atoms with Gasteiger partial charge < -0.3 is 19.9 Å². The molecule has 1 heterocycles. The summed E-state index contributed by atoms with van der Waals surface area (Å²) in [6.45, 7) is 0. The number of nitrogens with zero attached hydrogens (tertiary/aromatic N) is 1. The van der Waals surface area contributed by atoms with Crippen molar-refractivity contribution in [3.63, 3.8) is 0 Å². The van der Waals surface area contributed by atoms with Crippen molar-refractivity contribution in [3.8, 4) is 6.07 Å². The number of nitriles is 1. The van der Waals surface area contributed by atoms with Gasteiger partial charge in [0.05, 0.1) is 5.69 Å². The van der Waals surface area contributed by atoms with Crippen LogP contribution >= 0.6 is 7.60 Å². The maximum absolute atomic E-state index is 10.6. The molecule has 0 amide bonds. The molecule has 0 atom stereocenters. The van der Waals surface area contributed by atoms with Gasteiger partial charge in [0.25, 0.3) is 0 Å². The molecule has 1 aromatic heterocycles. The molecule has 0 saturated heterocycles. The molecule has 0 spiro atoms. The van der Waals surface area contributed by atoms with Gasteiger partial charge in [-0.2, -0.15) is 5.26 Å². The number of hydrogen-bond donors (Lipinski definition) is 3. The van der Waals surface area contributed by atoms with Gasteiger partial charge >= 0.3 is 7.60 Å². The SMILES string of the molecule is N#Cc1oc(P(=O)(O)O)cc1N. The molecule has 0 aliphatic carbocycles.